The van der Waals surface area contributed by atoms with Crippen molar-refractivity contribution in [1.29, 1.82) is 0 Å². The maximum Gasteiger partial charge on any atom is 0.210 e. The molecule has 1 fully saturated rings. The third-order valence-electron chi connectivity index (χ3n) is 6.06. The topological polar surface area (TPSA) is 117 Å². The molecule has 2 aromatic heterocycles. The lowest BCUT2D eigenvalue weighted by Gasteiger charge is -2.30. The molecule has 3 aromatic rings. The number of aromatic nitrogens is 4. The van der Waals surface area contributed by atoms with Crippen LogP contribution in [0.15, 0.2) is 83.0 Å². The van der Waals surface area contributed by atoms with Gasteiger partial charge in [0.2, 0.25) is 5.88 Å². The van der Waals surface area contributed by atoms with Crippen LogP contribution in [0.3, 0.4) is 0 Å². The third-order valence-corrected chi connectivity index (χ3v) is 6.06. The van der Waals surface area contributed by atoms with Crippen LogP contribution in [0.1, 0.15) is 62.7 Å². The van der Waals surface area contributed by atoms with Crippen LogP contribution in [-0.4, -0.2) is 31.3 Å². The first-order valence-corrected chi connectivity index (χ1v) is 11.6. The fraction of sp³-hybridized carbons (Fsp3) is 0.308. The van der Waals surface area contributed by atoms with Crippen molar-refractivity contribution < 1.29 is 4.74 Å². The first kappa shape index (κ1) is 21.9. The van der Waals surface area contributed by atoms with Gasteiger partial charge in [0.25, 0.3) is 0 Å². The van der Waals surface area contributed by atoms with Crippen LogP contribution in [0.5, 0.6) is 0 Å². The summed E-state index contributed by atoms with van der Waals surface area (Å²) in [5, 5.41) is 0. The van der Waals surface area contributed by atoms with E-state index in [-0.39, 0.29) is 17.8 Å². The van der Waals surface area contributed by atoms with E-state index in [1.165, 1.54) is 12.8 Å². The van der Waals surface area contributed by atoms with Crippen LogP contribution in [-0.2, 0) is 4.74 Å². The molecule has 0 saturated heterocycles. The molecule has 1 aliphatic carbocycles. The van der Waals surface area contributed by atoms with E-state index in [1.807, 2.05) is 33.2 Å². The molecule has 0 bridgehead atoms. The number of rotatable bonds is 6. The number of nitrogens with zero attached hydrogens (tertiary/aromatic N) is 5. The summed E-state index contributed by atoms with van der Waals surface area (Å²) in [6, 6.07) is 10.1. The van der Waals surface area contributed by atoms with Crippen molar-refractivity contribution in [3.63, 3.8) is 0 Å². The van der Waals surface area contributed by atoms with Gasteiger partial charge in [-0.3, -0.25) is 4.99 Å². The van der Waals surface area contributed by atoms with Crippen LogP contribution in [0.2, 0.25) is 0 Å². The Hall–Kier alpha value is -3.94. The average molecular weight is 456 g/mol. The highest BCUT2D eigenvalue weighted by Gasteiger charge is 2.34. The van der Waals surface area contributed by atoms with Gasteiger partial charge in [-0.15, -0.1) is 0 Å². The van der Waals surface area contributed by atoms with Gasteiger partial charge in [-0.25, -0.2) is 15.0 Å². The summed E-state index contributed by atoms with van der Waals surface area (Å²) in [6.07, 6.45) is 9.68. The minimum Gasteiger partial charge on any atom is -0.444 e. The maximum atomic E-state index is 6.54. The van der Waals surface area contributed by atoms with Gasteiger partial charge in [0, 0.05) is 48.0 Å². The number of allylic oxidation sites excluding steroid dienone is 2. The maximum absolute atomic E-state index is 6.54. The van der Waals surface area contributed by atoms with Crippen molar-refractivity contribution in [2.24, 2.45) is 16.5 Å². The predicted octanol–water partition coefficient (Wildman–Crippen LogP) is 3.91. The molecular weight excluding hydrogens is 426 g/mol. The first-order valence-electron chi connectivity index (χ1n) is 11.6. The Morgan fingerprint density at radius 1 is 1.06 bits per heavy atom. The normalized spacial score (nSPS) is 19.1. The van der Waals surface area contributed by atoms with Crippen LogP contribution in [0.25, 0.3) is 5.69 Å². The fourth-order valence-electron chi connectivity index (χ4n) is 4.36. The molecule has 1 saturated carbocycles. The van der Waals surface area contributed by atoms with Crippen molar-refractivity contribution in [3.8, 4) is 5.69 Å². The summed E-state index contributed by atoms with van der Waals surface area (Å²) in [7, 11) is 0. The largest absolute Gasteiger partial charge is 0.444 e. The Morgan fingerprint density at radius 2 is 1.76 bits per heavy atom. The standard InChI is InChI=1S/C26H29N7O/c1-15(2)32-23(25-29-11-4-12-30-25)20-16(3)34-24(28)22(27)21(20)17-7-9-19(10-8-17)33-14-13-31-26(33)18-5-6-18/h4,7-15,18,21H,5-6,27-28H2,1-3H3. The smallest absolute Gasteiger partial charge is 0.210 e. The van der Waals surface area contributed by atoms with Crippen molar-refractivity contribution in [3.05, 3.63) is 95.2 Å². The molecule has 0 spiro atoms. The number of benzene rings is 1. The van der Waals surface area contributed by atoms with Gasteiger partial charge in [-0.1, -0.05) is 12.1 Å². The van der Waals surface area contributed by atoms with Gasteiger partial charge in [0.05, 0.1) is 11.6 Å². The molecule has 0 amide bonds. The molecule has 2 aliphatic rings. The predicted molar refractivity (Wildman–Crippen MR) is 131 cm³/mol. The lowest BCUT2D eigenvalue weighted by atomic mass is 9.83. The van der Waals surface area contributed by atoms with E-state index in [9.17, 15) is 0 Å². The van der Waals surface area contributed by atoms with Crippen LogP contribution in [0, 0.1) is 0 Å². The monoisotopic (exact) mass is 455 g/mol. The summed E-state index contributed by atoms with van der Waals surface area (Å²) < 4.78 is 8.00. The molecule has 1 aliphatic heterocycles. The molecular formula is C26H29N7O. The molecule has 5 rings (SSSR count). The molecule has 0 radical (unpaired) electrons. The van der Waals surface area contributed by atoms with E-state index in [0.29, 0.717) is 28.9 Å². The van der Waals surface area contributed by atoms with Gasteiger partial charge < -0.3 is 20.8 Å². The Labute approximate surface area is 199 Å². The van der Waals surface area contributed by atoms with Gasteiger partial charge in [-0.2, -0.15) is 0 Å². The Kier molecular flexibility index (Phi) is 5.65. The number of aliphatic imine (C=N–C) groups is 1. The second-order valence-corrected chi connectivity index (χ2v) is 8.99. The highest BCUT2D eigenvalue weighted by Crippen LogP contribution is 2.41. The molecule has 1 aromatic carbocycles. The number of hydrogen-bond donors (Lipinski definition) is 2. The van der Waals surface area contributed by atoms with Gasteiger partial charge in [-0.05, 0) is 57.4 Å². The van der Waals surface area contributed by atoms with Crippen LogP contribution < -0.4 is 11.5 Å². The van der Waals surface area contributed by atoms with Crippen molar-refractivity contribution in [1.82, 2.24) is 19.5 Å². The van der Waals surface area contributed by atoms with Crippen molar-refractivity contribution in [2.75, 3.05) is 0 Å². The van der Waals surface area contributed by atoms with Crippen LogP contribution in [0.4, 0.5) is 0 Å². The summed E-state index contributed by atoms with van der Waals surface area (Å²) in [5.41, 5.74) is 16.7. The molecule has 3 heterocycles. The van der Waals surface area contributed by atoms with E-state index >= 15 is 0 Å². The van der Waals surface area contributed by atoms with E-state index in [1.54, 1.807) is 18.5 Å². The molecule has 174 valence electrons. The summed E-state index contributed by atoms with van der Waals surface area (Å²) in [5.74, 6) is 2.70. The highest BCUT2D eigenvalue weighted by molar-refractivity contribution is 6.12. The van der Waals surface area contributed by atoms with Crippen LogP contribution >= 0.6 is 0 Å². The number of imidazole rings is 1. The Bertz CT molecular complexity index is 1280. The van der Waals surface area contributed by atoms with E-state index in [2.05, 4.69) is 43.8 Å². The van der Waals surface area contributed by atoms with Gasteiger partial charge >= 0.3 is 0 Å². The number of nitrogens with two attached hydrogens (primary N) is 2. The Morgan fingerprint density at radius 3 is 2.41 bits per heavy atom. The molecule has 8 heteroatoms. The molecule has 34 heavy (non-hydrogen) atoms. The molecule has 8 nitrogen and oxygen atoms in total. The second kappa shape index (κ2) is 8.78. The fourth-order valence-corrected chi connectivity index (χ4v) is 4.36. The molecule has 1 unspecified atom stereocenters. The zero-order chi connectivity index (χ0) is 23.8. The van der Waals surface area contributed by atoms with E-state index in [0.717, 1.165) is 22.6 Å². The van der Waals surface area contributed by atoms with Gasteiger partial charge in [0.15, 0.2) is 5.82 Å². The average Bonchev–Trinajstić information content (AvgIpc) is 3.56. The SMILES string of the molecule is CC1=C(C(=NC(C)C)c2ncccn2)C(c2ccc(-n3ccnc3C3CC3)cc2)C(N)=C(N)O1. The lowest BCUT2D eigenvalue weighted by molar-refractivity contribution is 0.280. The summed E-state index contributed by atoms with van der Waals surface area (Å²) in [6.45, 7) is 5.91. The lowest BCUT2D eigenvalue weighted by Crippen LogP contribution is -2.30. The summed E-state index contributed by atoms with van der Waals surface area (Å²) >= 11 is 0. The van der Waals surface area contributed by atoms with E-state index < -0.39 is 0 Å². The zero-order valence-electron chi connectivity index (χ0n) is 19.6. The molecule has 1 atom stereocenters. The zero-order valence-corrected chi connectivity index (χ0v) is 19.6. The summed E-state index contributed by atoms with van der Waals surface area (Å²) in [4.78, 5) is 18.4. The minimum atomic E-state index is -0.338. The number of hydrogen-bond acceptors (Lipinski definition) is 7. The minimum absolute atomic E-state index is 0.0219. The van der Waals surface area contributed by atoms with Gasteiger partial charge in [0.1, 0.15) is 17.3 Å². The van der Waals surface area contributed by atoms with E-state index in [4.69, 9.17) is 21.2 Å². The number of ether oxygens (including phenoxy) is 1. The van der Waals surface area contributed by atoms with Crippen molar-refractivity contribution in [2.45, 2.75) is 51.5 Å². The third kappa shape index (κ3) is 4.07. The van der Waals surface area contributed by atoms with Crippen molar-refractivity contribution >= 4 is 5.71 Å². The highest BCUT2D eigenvalue weighted by atomic mass is 16.5. The quantitative estimate of drug-likeness (QED) is 0.544. The second-order valence-electron chi connectivity index (χ2n) is 8.99. The molecule has 4 N–H and O–H groups in total. The Balaban J connectivity index is 1.59. The first-order chi connectivity index (χ1) is 16.4.